The second kappa shape index (κ2) is 16.5. The Morgan fingerprint density at radius 3 is 2.34 bits per heavy atom. The quantitative estimate of drug-likeness (QED) is 0.0757. The van der Waals surface area contributed by atoms with E-state index in [0.717, 1.165) is 33.5 Å². The molecule has 1 atom stereocenters. The van der Waals surface area contributed by atoms with Gasteiger partial charge in [-0.2, -0.15) is 0 Å². The summed E-state index contributed by atoms with van der Waals surface area (Å²) < 4.78 is 6.53. The maximum Gasteiger partial charge on any atom is 0.272 e. The first-order valence-corrected chi connectivity index (χ1v) is 15.9. The zero-order chi connectivity index (χ0) is 31.3. The second-order valence-electron chi connectivity index (χ2n) is 9.89. The third kappa shape index (κ3) is 10.1. The van der Waals surface area contributed by atoms with Crippen molar-refractivity contribution in [2.75, 3.05) is 17.2 Å². The van der Waals surface area contributed by atoms with Crippen molar-refractivity contribution in [1.82, 2.24) is 5.32 Å². The van der Waals surface area contributed by atoms with Crippen LogP contribution in [0.3, 0.4) is 0 Å². The van der Waals surface area contributed by atoms with Gasteiger partial charge in [0, 0.05) is 26.3 Å². The number of unbranched alkanes of at least 4 members (excludes halogenated alkanes) is 1. The number of carbonyl (C=O) groups excluding carboxylic acids is 3. The van der Waals surface area contributed by atoms with Gasteiger partial charge in [-0.05, 0) is 91.7 Å². The molecule has 3 amide bonds. The van der Waals surface area contributed by atoms with Crippen molar-refractivity contribution in [3.05, 3.63) is 124 Å². The van der Waals surface area contributed by atoms with Crippen molar-refractivity contribution in [3.8, 4) is 5.75 Å². The van der Waals surface area contributed by atoms with Crippen LogP contribution in [0, 0.1) is 0 Å². The van der Waals surface area contributed by atoms with E-state index in [1.54, 1.807) is 48.5 Å². The first-order chi connectivity index (χ1) is 21.3. The van der Waals surface area contributed by atoms with Crippen LogP contribution in [0.25, 0.3) is 6.08 Å². The Morgan fingerprint density at radius 1 is 0.864 bits per heavy atom. The summed E-state index contributed by atoms with van der Waals surface area (Å²) in [5, 5.41) is 8.17. The van der Waals surface area contributed by atoms with Gasteiger partial charge in [0.15, 0.2) is 0 Å². The Hall–Kier alpha value is -4.34. The highest BCUT2D eigenvalue weighted by Gasteiger charge is 2.17. The van der Waals surface area contributed by atoms with Crippen molar-refractivity contribution < 1.29 is 19.1 Å². The molecule has 0 bridgehead atoms. The number of anilines is 2. The van der Waals surface area contributed by atoms with Crippen LogP contribution in [0.15, 0.2) is 118 Å². The summed E-state index contributed by atoms with van der Waals surface area (Å²) in [6.45, 7) is 4.60. The molecule has 0 spiro atoms. The van der Waals surface area contributed by atoms with Crippen molar-refractivity contribution in [3.63, 3.8) is 0 Å². The first-order valence-electron chi connectivity index (χ1n) is 14.3. The number of nitrogens with one attached hydrogen (secondary N) is 3. The van der Waals surface area contributed by atoms with Crippen LogP contribution in [-0.2, 0) is 9.59 Å². The SMILES string of the molecule is CCCCOc1ccc(NC(=O)C(C)Sc2cccc(NC(=O)/C(=C\c3cccc(Br)c3)NC(=O)c3ccccc3)c2)cc1. The molecule has 44 heavy (non-hydrogen) atoms. The number of ether oxygens (including phenoxy) is 1. The van der Waals surface area contributed by atoms with E-state index in [1.165, 1.54) is 11.8 Å². The maximum absolute atomic E-state index is 13.4. The lowest BCUT2D eigenvalue weighted by Crippen LogP contribution is -2.30. The lowest BCUT2D eigenvalue weighted by atomic mass is 10.1. The standard InChI is InChI=1S/C35H34BrN3O4S/c1-3-4-20-43-30-18-16-28(17-19-30)37-33(40)24(2)44-31-15-9-14-29(23-31)38-35(42)32(22-25-10-8-13-27(36)21-25)39-34(41)26-11-6-5-7-12-26/h5-19,21-24H,3-4,20H2,1-2H3,(H,37,40)(H,38,42)(H,39,41)/b32-22+. The molecule has 0 aromatic heterocycles. The number of hydrogen-bond acceptors (Lipinski definition) is 5. The minimum atomic E-state index is -0.482. The molecular formula is C35H34BrN3O4S. The molecule has 0 fully saturated rings. The zero-order valence-corrected chi connectivity index (χ0v) is 26.9. The highest BCUT2D eigenvalue weighted by molar-refractivity contribution is 9.10. The van der Waals surface area contributed by atoms with Crippen molar-refractivity contribution in [2.45, 2.75) is 36.8 Å². The molecule has 0 saturated heterocycles. The van der Waals surface area contributed by atoms with Crippen LogP contribution in [0.1, 0.15) is 42.6 Å². The van der Waals surface area contributed by atoms with Crippen LogP contribution in [0.2, 0.25) is 0 Å². The summed E-state index contributed by atoms with van der Waals surface area (Å²) in [5.41, 5.74) is 2.47. The molecule has 7 nitrogen and oxygen atoms in total. The highest BCUT2D eigenvalue weighted by Crippen LogP contribution is 2.27. The molecule has 4 aromatic carbocycles. The Kier molecular flexibility index (Phi) is 12.2. The molecule has 226 valence electrons. The summed E-state index contributed by atoms with van der Waals surface area (Å²) in [5.74, 6) is -0.256. The van der Waals surface area contributed by atoms with Crippen molar-refractivity contribution in [1.29, 1.82) is 0 Å². The van der Waals surface area contributed by atoms with Gasteiger partial charge in [0.1, 0.15) is 11.4 Å². The van der Waals surface area contributed by atoms with Crippen LogP contribution < -0.4 is 20.7 Å². The van der Waals surface area contributed by atoms with Gasteiger partial charge in [0.25, 0.3) is 11.8 Å². The molecule has 0 aliphatic carbocycles. The van der Waals surface area contributed by atoms with Gasteiger partial charge in [-0.1, -0.05) is 65.7 Å². The molecule has 9 heteroatoms. The van der Waals surface area contributed by atoms with Crippen molar-refractivity contribution in [2.24, 2.45) is 0 Å². The lowest BCUT2D eigenvalue weighted by Gasteiger charge is -2.14. The number of carbonyl (C=O) groups is 3. The average molecular weight is 673 g/mol. The van der Waals surface area contributed by atoms with Crippen LogP contribution in [-0.4, -0.2) is 29.6 Å². The van der Waals surface area contributed by atoms with E-state index in [9.17, 15) is 14.4 Å². The maximum atomic E-state index is 13.4. The third-order valence-electron chi connectivity index (χ3n) is 6.35. The molecule has 0 saturated carbocycles. The van der Waals surface area contributed by atoms with E-state index >= 15 is 0 Å². The number of rotatable bonds is 13. The molecule has 4 rings (SSSR count). The molecule has 1 unspecified atom stereocenters. The summed E-state index contributed by atoms with van der Waals surface area (Å²) in [7, 11) is 0. The molecular weight excluding hydrogens is 638 g/mol. The van der Waals surface area contributed by atoms with Crippen LogP contribution >= 0.6 is 27.7 Å². The van der Waals surface area contributed by atoms with E-state index in [2.05, 4.69) is 38.8 Å². The number of halogens is 1. The smallest absolute Gasteiger partial charge is 0.272 e. The molecule has 3 N–H and O–H groups in total. The highest BCUT2D eigenvalue weighted by atomic mass is 79.9. The van der Waals surface area contributed by atoms with E-state index in [-0.39, 0.29) is 11.6 Å². The molecule has 4 aromatic rings. The number of amides is 3. The van der Waals surface area contributed by atoms with E-state index in [4.69, 9.17) is 4.74 Å². The van der Waals surface area contributed by atoms with E-state index < -0.39 is 17.1 Å². The Labute approximate surface area is 270 Å². The minimum Gasteiger partial charge on any atom is -0.494 e. The third-order valence-corrected chi connectivity index (χ3v) is 7.94. The average Bonchev–Trinajstić information content (AvgIpc) is 3.02. The summed E-state index contributed by atoms with van der Waals surface area (Å²) in [4.78, 5) is 40.0. The van der Waals surface area contributed by atoms with E-state index in [1.807, 2.05) is 67.6 Å². The molecule has 0 aliphatic rings. The zero-order valence-electron chi connectivity index (χ0n) is 24.5. The predicted molar refractivity (Wildman–Crippen MR) is 182 cm³/mol. The van der Waals surface area contributed by atoms with Gasteiger partial charge in [0.05, 0.1) is 11.9 Å². The van der Waals surface area contributed by atoms with Gasteiger partial charge >= 0.3 is 0 Å². The molecule has 0 aliphatic heterocycles. The lowest BCUT2D eigenvalue weighted by molar-refractivity contribution is -0.115. The van der Waals surface area contributed by atoms with Crippen molar-refractivity contribution >= 4 is 62.9 Å². The van der Waals surface area contributed by atoms with Gasteiger partial charge in [-0.3, -0.25) is 14.4 Å². The largest absolute Gasteiger partial charge is 0.494 e. The first kappa shape index (κ1) is 32.6. The topological polar surface area (TPSA) is 96.5 Å². The molecule has 0 radical (unpaired) electrons. The van der Waals surface area contributed by atoms with Gasteiger partial charge in [0.2, 0.25) is 5.91 Å². The summed E-state index contributed by atoms with van der Waals surface area (Å²) >= 11 is 4.82. The normalized spacial score (nSPS) is 11.8. The van der Waals surface area contributed by atoms with Crippen LogP contribution in [0.5, 0.6) is 5.75 Å². The minimum absolute atomic E-state index is 0.0875. The Bertz CT molecular complexity index is 1610. The fourth-order valence-electron chi connectivity index (χ4n) is 4.02. The Morgan fingerprint density at radius 2 is 1.61 bits per heavy atom. The van der Waals surface area contributed by atoms with Gasteiger partial charge < -0.3 is 20.7 Å². The van der Waals surface area contributed by atoms with E-state index in [0.29, 0.717) is 23.5 Å². The monoisotopic (exact) mass is 671 g/mol. The Balaban J connectivity index is 1.41. The summed E-state index contributed by atoms with van der Waals surface area (Å²) in [6.07, 6.45) is 3.68. The van der Waals surface area contributed by atoms with Crippen LogP contribution in [0.4, 0.5) is 11.4 Å². The van der Waals surface area contributed by atoms with Gasteiger partial charge in [-0.15, -0.1) is 11.8 Å². The second-order valence-corrected chi connectivity index (χ2v) is 12.2. The number of hydrogen-bond donors (Lipinski definition) is 3. The number of benzene rings is 4. The fourth-order valence-corrected chi connectivity index (χ4v) is 5.36. The number of thioether (sulfide) groups is 1. The molecule has 0 heterocycles. The summed E-state index contributed by atoms with van der Waals surface area (Å²) in [6, 6.07) is 30.7. The van der Waals surface area contributed by atoms with Gasteiger partial charge in [-0.25, -0.2) is 0 Å². The predicted octanol–water partition coefficient (Wildman–Crippen LogP) is 8.16. The fraction of sp³-hybridized carbons (Fsp3) is 0.171.